The molecule has 0 saturated carbocycles. The van der Waals surface area contributed by atoms with Crippen LogP contribution in [0.15, 0.2) is 11.7 Å². The topological polar surface area (TPSA) is 24.9 Å². The van der Waals surface area contributed by atoms with Gasteiger partial charge in [-0.25, -0.2) is 0 Å². The van der Waals surface area contributed by atoms with Gasteiger partial charge in [0.25, 0.3) is 0 Å². The van der Waals surface area contributed by atoms with E-state index in [0.29, 0.717) is 0 Å². The number of nitrogens with zero attached hydrogens (tertiary/aromatic N) is 1. The van der Waals surface area contributed by atoms with E-state index >= 15 is 0 Å². The maximum Gasteiger partial charge on any atom is 0.0794 e. The summed E-state index contributed by atoms with van der Waals surface area (Å²) in [5.41, 5.74) is 1.92. The van der Waals surface area contributed by atoms with Crippen LogP contribution in [0.25, 0.3) is 0 Å². The molecule has 0 fully saturated rings. The lowest BCUT2D eigenvalue weighted by molar-refractivity contribution is 0.476. The van der Waals surface area contributed by atoms with E-state index in [0.717, 1.165) is 24.9 Å². The van der Waals surface area contributed by atoms with Crippen LogP contribution in [0.4, 0.5) is 0 Å². The van der Waals surface area contributed by atoms with Gasteiger partial charge in [0, 0.05) is 11.1 Å². The molecular weight excluding hydrogens is 204 g/mol. The number of hydrogen-bond acceptors (Lipinski definition) is 3. The molecule has 0 amide bonds. The lowest BCUT2D eigenvalue weighted by Gasteiger charge is -2.11. The smallest absolute Gasteiger partial charge is 0.0794 e. The third kappa shape index (κ3) is 5.90. The molecule has 0 aromatic carbocycles. The van der Waals surface area contributed by atoms with Crippen molar-refractivity contribution in [3.05, 3.63) is 16.6 Å². The fourth-order valence-electron chi connectivity index (χ4n) is 1.53. The van der Waals surface area contributed by atoms with Crippen molar-refractivity contribution >= 4 is 11.3 Å². The van der Waals surface area contributed by atoms with Crippen molar-refractivity contribution in [3.8, 4) is 0 Å². The van der Waals surface area contributed by atoms with Gasteiger partial charge in [-0.05, 0) is 37.8 Å². The summed E-state index contributed by atoms with van der Waals surface area (Å²) in [6.07, 6.45) is 4.42. The van der Waals surface area contributed by atoms with Gasteiger partial charge in [0.1, 0.15) is 0 Å². The molecule has 1 aromatic heterocycles. The zero-order chi connectivity index (χ0) is 11.1. The van der Waals surface area contributed by atoms with Crippen LogP contribution in [0.3, 0.4) is 0 Å². The Morgan fingerprint density at radius 2 is 2.20 bits per heavy atom. The first-order valence-corrected chi connectivity index (χ1v) is 6.64. The van der Waals surface area contributed by atoms with Crippen molar-refractivity contribution in [3.63, 3.8) is 0 Å². The molecule has 1 aromatic rings. The van der Waals surface area contributed by atoms with Crippen LogP contribution in [0.5, 0.6) is 0 Å². The Kier molecular flexibility index (Phi) is 5.88. The summed E-state index contributed by atoms with van der Waals surface area (Å²) in [6, 6.07) is 0. The molecule has 0 aliphatic carbocycles. The number of nitrogens with one attached hydrogen (secondary N) is 1. The summed E-state index contributed by atoms with van der Waals surface area (Å²) in [4.78, 5) is 5.51. The molecule has 0 radical (unpaired) electrons. The van der Waals surface area contributed by atoms with Crippen LogP contribution in [0, 0.1) is 11.8 Å². The molecule has 1 unspecified atom stereocenters. The second-order valence-electron chi connectivity index (χ2n) is 4.66. The van der Waals surface area contributed by atoms with Crippen LogP contribution in [-0.2, 0) is 6.42 Å². The van der Waals surface area contributed by atoms with Crippen LogP contribution in [0.2, 0.25) is 0 Å². The summed E-state index contributed by atoms with van der Waals surface area (Å²) in [5, 5.41) is 3.48. The van der Waals surface area contributed by atoms with Gasteiger partial charge in [-0.1, -0.05) is 20.8 Å². The first-order valence-electron chi connectivity index (χ1n) is 5.76. The van der Waals surface area contributed by atoms with E-state index in [1.807, 2.05) is 11.7 Å². The van der Waals surface area contributed by atoms with Crippen molar-refractivity contribution < 1.29 is 0 Å². The van der Waals surface area contributed by atoms with Gasteiger partial charge in [-0.3, -0.25) is 4.98 Å². The van der Waals surface area contributed by atoms with Gasteiger partial charge in [0.15, 0.2) is 0 Å². The number of rotatable bonds is 7. The van der Waals surface area contributed by atoms with Gasteiger partial charge >= 0.3 is 0 Å². The van der Waals surface area contributed by atoms with Crippen LogP contribution < -0.4 is 5.32 Å². The molecule has 0 aliphatic heterocycles. The predicted molar refractivity (Wildman–Crippen MR) is 67.3 cm³/mol. The first-order chi connectivity index (χ1) is 7.18. The highest BCUT2D eigenvalue weighted by Gasteiger charge is 2.04. The quantitative estimate of drug-likeness (QED) is 0.723. The van der Waals surface area contributed by atoms with Crippen LogP contribution >= 0.6 is 11.3 Å². The normalized spacial score (nSPS) is 13.3. The highest BCUT2D eigenvalue weighted by Crippen LogP contribution is 2.14. The summed E-state index contributed by atoms with van der Waals surface area (Å²) in [5.74, 6) is 1.51. The van der Waals surface area contributed by atoms with Crippen molar-refractivity contribution in [2.24, 2.45) is 11.8 Å². The maximum absolute atomic E-state index is 4.10. The summed E-state index contributed by atoms with van der Waals surface area (Å²) in [6.45, 7) is 9.07. The van der Waals surface area contributed by atoms with Crippen molar-refractivity contribution in [2.45, 2.75) is 33.6 Å². The van der Waals surface area contributed by atoms with Gasteiger partial charge in [0.05, 0.1) is 5.51 Å². The SMILES string of the molecule is CC(C)CNCCC(C)Cc1cncs1. The summed E-state index contributed by atoms with van der Waals surface area (Å²) < 4.78 is 0. The van der Waals surface area contributed by atoms with Crippen molar-refractivity contribution in [1.82, 2.24) is 10.3 Å². The minimum atomic E-state index is 0.752. The number of aromatic nitrogens is 1. The molecule has 1 atom stereocenters. The Balaban J connectivity index is 2.06. The second kappa shape index (κ2) is 6.96. The zero-order valence-electron chi connectivity index (χ0n) is 9.99. The highest BCUT2D eigenvalue weighted by molar-refractivity contribution is 7.09. The van der Waals surface area contributed by atoms with Crippen molar-refractivity contribution in [1.29, 1.82) is 0 Å². The third-order valence-electron chi connectivity index (χ3n) is 2.40. The highest BCUT2D eigenvalue weighted by atomic mass is 32.1. The first kappa shape index (κ1) is 12.7. The molecule has 0 saturated heterocycles. The van der Waals surface area contributed by atoms with E-state index in [1.54, 1.807) is 11.3 Å². The average molecular weight is 226 g/mol. The molecule has 0 bridgehead atoms. The number of thiazole rings is 1. The van der Waals surface area contributed by atoms with E-state index in [1.165, 1.54) is 17.7 Å². The molecule has 86 valence electrons. The van der Waals surface area contributed by atoms with Gasteiger partial charge in [-0.15, -0.1) is 11.3 Å². The minimum absolute atomic E-state index is 0.752. The standard InChI is InChI=1S/C12H22N2S/c1-10(2)7-13-5-4-11(3)6-12-8-14-9-15-12/h8-11,13H,4-7H2,1-3H3. The fourth-order valence-corrected chi connectivity index (χ4v) is 2.29. The molecule has 15 heavy (non-hydrogen) atoms. The predicted octanol–water partition coefficient (Wildman–Crippen LogP) is 2.96. The van der Waals surface area contributed by atoms with E-state index in [2.05, 4.69) is 31.1 Å². The molecule has 1 rings (SSSR count). The van der Waals surface area contributed by atoms with Gasteiger partial charge < -0.3 is 5.32 Å². The lowest BCUT2D eigenvalue weighted by atomic mass is 10.0. The maximum atomic E-state index is 4.10. The largest absolute Gasteiger partial charge is 0.316 e. The van der Waals surface area contributed by atoms with E-state index in [4.69, 9.17) is 0 Å². The monoisotopic (exact) mass is 226 g/mol. The van der Waals surface area contributed by atoms with Gasteiger partial charge in [0.2, 0.25) is 0 Å². The van der Waals surface area contributed by atoms with E-state index < -0.39 is 0 Å². The summed E-state index contributed by atoms with van der Waals surface area (Å²) >= 11 is 1.76. The fraction of sp³-hybridized carbons (Fsp3) is 0.750. The van der Waals surface area contributed by atoms with Crippen LogP contribution in [0.1, 0.15) is 32.1 Å². The average Bonchev–Trinajstić information content (AvgIpc) is 2.64. The van der Waals surface area contributed by atoms with Gasteiger partial charge in [-0.2, -0.15) is 0 Å². The molecule has 1 heterocycles. The van der Waals surface area contributed by atoms with Crippen LogP contribution in [-0.4, -0.2) is 18.1 Å². The minimum Gasteiger partial charge on any atom is -0.316 e. The third-order valence-corrected chi connectivity index (χ3v) is 3.20. The summed E-state index contributed by atoms with van der Waals surface area (Å²) in [7, 11) is 0. The molecule has 3 heteroatoms. The molecule has 1 N–H and O–H groups in total. The molecular formula is C12H22N2S. The van der Waals surface area contributed by atoms with E-state index in [-0.39, 0.29) is 0 Å². The number of hydrogen-bond donors (Lipinski definition) is 1. The second-order valence-corrected chi connectivity index (χ2v) is 5.63. The molecule has 2 nitrogen and oxygen atoms in total. The Bertz CT molecular complexity index is 244. The lowest BCUT2D eigenvalue weighted by Crippen LogP contribution is -2.22. The Morgan fingerprint density at radius 1 is 1.40 bits per heavy atom. The Labute approximate surface area is 97.1 Å². The molecule has 0 aliphatic rings. The Hall–Kier alpha value is -0.410. The zero-order valence-corrected chi connectivity index (χ0v) is 10.8. The molecule has 0 spiro atoms. The van der Waals surface area contributed by atoms with E-state index in [9.17, 15) is 0 Å². The van der Waals surface area contributed by atoms with Crippen molar-refractivity contribution in [2.75, 3.05) is 13.1 Å². The Morgan fingerprint density at radius 3 is 2.80 bits per heavy atom.